The third-order valence-corrected chi connectivity index (χ3v) is 6.49. The largest absolute Gasteiger partial charge is 0.321 e. The Hall–Kier alpha value is -6.07. The molecule has 2 heterocycles. The molecule has 8 heteroatoms. The van der Waals surface area contributed by atoms with Gasteiger partial charge in [-0.05, 0) is 36.4 Å². The number of ketones is 1. The second-order valence-electron chi connectivity index (χ2n) is 9.12. The number of para-hydroxylation sites is 3. The number of hydrogen-bond donors (Lipinski definition) is 1. The van der Waals surface area contributed by atoms with Gasteiger partial charge in [0.1, 0.15) is 11.6 Å². The quantitative estimate of drug-likeness (QED) is 0.250. The molecule has 6 aromatic rings. The highest BCUT2D eigenvalue weighted by molar-refractivity contribution is 6.17. The van der Waals surface area contributed by atoms with Crippen molar-refractivity contribution in [2.45, 2.75) is 0 Å². The molecule has 0 unspecified atom stereocenters. The zero-order valence-corrected chi connectivity index (χ0v) is 21.7. The second kappa shape index (κ2) is 11.0. The SMILES string of the molecule is N#Cc1c(C(=O)c2cn(-c3ccccc3)nc2C(=O)Nc2ccccc2)nn(-c2ccccc2)c1-c1ccccc1. The van der Waals surface area contributed by atoms with Gasteiger partial charge in [0.25, 0.3) is 5.91 Å². The summed E-state index contributed by atoms with van der Waals surface area (Å²) < 4.78 is 3.07. The second-order valence-corrected chi connectivity index (χ2v) is 9.12. The maximum atomic E-state index is 14.2. The van der Waals surface area contributed by atoms with Gasteiger partial charge in [0.15, 0.2) is 11.4 Å². The molecule has 41 heavy (non-hydrogen) atoms. The van der Waals surface area contributed by atoms with Crippen LogP contribution in [0.3, 0.4) is 0 Å². The van der Waals surface area contributed by atoms with Gasteiger partial charge in [-0.25, -0.2) is 9.36 Å². The summed E-state index contributed by atoms with van der Waals surface area (Å²) in [4.78, 5) is 27.7. The maximum Gasteiger partial charge on any atom is 0.276 e. The molecule has 8 nitrogen and oxygen atoms in total. The van der Waals surface area contributed by atoms with Gasteiger partial charge in [0.2, 0.25) is 5.78 Å². The van der Waals surface area contributed by atoms with Crippen molar-refractivity contribution >= 4 is 17.4 Å². The fourth-order valence-electron chi connectivity index (χ4n) is 4.56. The van der Waals surface area contributed by atoms with Crippen LogP contribution in [0.25, 0.3) is 22.6 Å². The number of rotatable bonds is 7. The van der Waals surface area contributed by atoms with Gasteiger partial charge in [-0.15, -0.1) is 0 Å². The predicted molar refractivity (Wildman–Crippen MR) is 155 cm³/mol. The molecule has 1 amide bonds. The smallest absolute Gasteiger partial charge is 0.276 e. The van der Waals surface area contributed by atoms with Crippen LogP contribution in [-0.2, 0) is 0 Å². The minimum atomic E-state index is -0.589. The van der Waals surface area contributed by atoms with Gasteiger partial charge < -0.3 is 5.32 Å². The Kier molecular flexibility index (Phi) is 6.74. The molecule has 4 aromatic carbocycles. The molecule has 0 saturated heterocycles. The molecule has 0 radical (unpaired) electrons. The summed E-state index contributed by atoms with van der Waals surface area (Å²) in [5.41, 5.74) is 3.09. The molecule has 0 fully saturated rings. The highest BCUT2D eigenvalue weighted by Crippen LogP contribution is 2.30. The first-order valence-electron chi connectivity index (χ1n) is 12.8. The first kappa shape index (κ1) is 25.2. The third kappa shape index (κ3) is 4.91. The van der Waals surface area contributed by atoms with Gasteiger partial charge in [0, 0.05) is 17.4 Å². The molecule has 0 atom stereocenters. The molecule has 1 N–H and O–H groups in total. The minimum Gasteiger partial charge on any atom is -0.321 e. The normalized spacial score (nSPS) is 10.6. The lowest BCUT2D eigenvalue weighted by Crippen LogP contribution is -2.17. The van der Waals surface area contributed by atoms with Crippen molar-refractivity contribution in [1.29, 1.82) is 5.26 Å². The molecular formula is C33H22N6O2. The minimum absolute atomic E-state index is 0.0242. The van der Waals surface area contributed by atoms with Crippen molar-refractivity contribution < 1.29 is 9.59 Å². The van der Waals surface area contributed by atoms with Gasteiger partial charge in [-0.1, -0.05) is 84.9 Å². The summed E-state index contributed by atoms with van der Waals surface area (Å²) in [6, 6.07) is 38.9. The molecule has 0 aliphatic heterocycles. The van der Waals surface area contributed by atoms with E-state index in [4.69, 9.17) is 0 Å². The summed E-state index contributed by atoms with van der Waals surface area (Å²) in [6.45, 7) is 0. The number of nitrogens with zero attached hydrogens (tertiary/aromatic N) is 5. The van der Waals surface area contributed by atoms with E-state index in [1.807, 2.05) is 97.1 Å². The Bertz CT molecular complexity index is 1890. The van der Waals surface area contributed by atoms with E-state index in [-0.39, 0.29) is 22.5 Å². The van der Waals surface area contributed by atoms with Crippen LogP contribution < -0.4 is 5.32 Å². The highest BCUT2D eigenvalue weighted by Gasteiger charge is 2.30. The van der Waals surface area contributed by atoms with E-state index in [1.54, 1.807) is 28.9 Å². The molecular weight excluding hydrogens is 512 g/mol. The number of benzene rings is 4. The molecule has 196 valence electrons. The first-order chi connectivity index (χ1) is 20.1. The average Bonchev–Trinajstić information content (AvgIpc) is 3.66. The van der Waals surface area contributed by atoms with Crippen LogP contribution >= 0.6 is 0 Å². The Balaban J connectivity index is 1.52. The fourth-order valence-corrected chi connectivity index (χ4v) is 4.56. The van der Waals surface area contributed by atoms with Crippen molar-refractivity contribution in [2.24, 2.45) is 0 Å². The van der Waals surface area contributed by atoms with E-state index in [0.717, 1.165) is 5.56 Å². The molecule has 0 spiro atoms. The lowest BCUT2D eigenvalue weighted by atomic mass is 10.0. The van der Waals surface area contributed by atoms with Crippen LogP contribution in [0, 0.1) is 11.3 Å². The van der Waals surface area contributed by atoms with Crippen LogP contribution in [0.2, 0.25) is 0 Å². The van der Waals surface area contributed by atoms with Crippen molar-refractivity contribution in [3.8, 4) is 28.7 Å². The Morgan fingerprint density at radius 3 is 1.85 bits per heavy atom. The topological polar surface area (TPSA) is 106 Å². The van der Waals surface area contributed by atoms with Crippen LogP contribution in [0.15, 0.2) is 128 Å². The monoisotopic (exact) mass is 534 g/mol. The Morgan fingerprint density at radius 2 is 1.24 bits per heavy atom. The summed E-state index contributed by atoms with van der Waals surface area (Å²) in [6.07, 6.45) is 1.50. The summed E-state index contributed by atoms with van der Waals surface area (Å²) in [7, 11) is 0. The number of carbonyl (C=O) groups is 2. The summed E-state index contributed by atoms with van der Waals surface area (Å²) in [5, 5.41) is 22.3. The zero-order valence-electron chi connectivity index (χ0n) is 21.7. The van der Waals surface area contributed by atoms with Crippen LogP contribution in [0.5, 0.6) is 0 Å². The van der Waals surface area contributed by atoms with Crippen LogP contribution in [0.1, 0.15) is 32.1 Å². The Morgan fingerprint density at radius 1 is 0.683 bits per heavy atom. The maximum absolute atomic E-state index is 14.2. The summed E-state index contributed by atoms with van der Waals surface area (Å²) in [5.74, 6) is -1.15. The van der Waals surface area contributed by atoms with E-state index in [9.17, 15) is 14.9 Å². The van der Waals surface area contributed by atoms with Gasteiger partial charge in [0.05, 0.1) is 22.6 Å². The van der Waals surface area contributed by atoms with Crippen molar-refractivity contribution in [3.05, 3.63) is 150 Å². The van der Waals surface area contributed by atoms with Gasteiger partial charge in [-0.2, -0.15) is 15.5 Å². The van der Waals surface area contributed by atoms with E-state index in [1.165, 1.54) is 10.9 Å². The van der Waals surface area contributed by atoms with Gasteiger partial charge in [-0.3, -0.25) is 9.59 Å². The van der Waals surface area contributed by atoms with Crippen LogP contribution in [-0.4, -0.2) is 31.3 Å². The van der Waals surface area contributed by atoms with Crippen molar-refractivity contribution in [1.82, 2.24) is 19.6 Å². The van der Waals surface area contributed by atoms with E-state index < -0.39 is 11.7 Å². The zero-order chi connectivity index (χ0) is 28.2. The molecule has 2 aromatic heterocycles. The average molecular weight is 535 g/mol. The third-order valence-electron chi connectivity index (χ3n) is 6.49. The van der Waals surface area contributed by atoms with Crippen molar-refractivity contribution in [3.63, 3.8) is 0 Å². The Labute approximate surface area is 235 Å². The molecule has 0 bridgehead atoms. The summed E-state index contributed by atoms with van der Waals surface area (Å²) >= 11 is 0. The first-order valence-corrected chi connectivity index (χ1v) is 12.8. The van der Waals surface area contributed by atoms with E-state index >= 15 is 0 Å². The van der Waals surface area contributed by atoms with Gasteiger partial charge >= 0.3 is 0 Å². The predicted octanol–water partition coefficient (Wildman–Crippen LogP) is 6.08. The van der Waals surface area contributed by atoms with E-state index in [2.05, 4.69) is 21.6 Å². The standard InChI is InChI=1S/C33H22N6O2/c34-21-27-29(37-39(26-19-11-4-12-20-26)31(27)23-13-5-1-6-14-23)32(40)28-22-38(25-17-9-3-10-18-25)36-30(28)33(41)35-24-15-7-2-8-16-24/h1-20,22H,(H,35,41). The number of amides is 1. The number of anilines is 1. The van der Waals surface area contributed by atoms with E-state index in [0.29, 0.717) is 22.8 Å². The van der Waals surface area contributed by atoms with Crippen LogP contribution in [0.4, 0.5) is 5.69 Å². The molecule has 0 aliphatic carbocycles. The fraction of sp³-hybridized carbons (Fsp3) is 0. The van der Waals surface area contributed by atoms with Crippen molar-refractivity contribution in [2.75, 3.05) is 5.32 Å². The number of hydrogen-bond acceptors (Lipinski definition) is 5. The molecule has 6 rings (SSSR count). The lowest BCUT2D eigenvalue weighted by Gasteiger charge is -2.07. The molecule has 0 aliphatic rings. The number of nitriles is 1. The number of nitrogens with one attached hydrogen (secondary N) is 1. The lowest BCUT2D eigenvalue weighted by molar-refractivity contribution is 0.0991. The highest BCUT2D eigenvalue weighted by atomic mass is 16.2. The molecule has 0 saturated carbocycles. The number of carbonyl (C=O) groups excluding carboxylic acids is 2. The number of aromatic nitrogens is 4.